The highest BCUT2D eigenvalue weighted by molar-refractivity contribution is 8.02. The van der Waals surface area contributed by atoms with Crippen LogP contribution in [-0.4, -0.2) is 34.1 Å². The lowest BCUT2D eigenvalue weighted by molar-refractivity contribution is -0.140. The number of ether oxygens (including phenoxy) is 1. The van der Waals surface area contributed by atoms with Gasteiger partial charge in [-0.05, 0) is 13.3 Å². The SMILES string of the molecule is CCCCNc1nnc(S[C@H]2C[C@H](C)OC2=O)s1. The van der Waals surface area contributed by atoms with Crippen molar-refractivity contribution in [1.82, 2.24) is 10.2 Å². The van der Waals surface area contributed by atoms with Crippen molar-refractivity contribution in [3.63, 3.8) is 0 Å². The molecule has 1 saturated heterocycles. The molecule has 0 unspecified atom stereocenters. The van der Waals surface area contributed by atoms with Gasteiger partial charge in [0.05, 0.1) is 0 Å². The summed E-state index contributed by atoms with van der Waals surface area (Å²) in [5.74, 6) is -0.136. The molecule has 1 aliphatic heterocycles. The van der Waals surface area contributed by atoms with Crippen molar-refractivity contribution in [2.75, 3.05) is 11.9 Å². The Morgan fingerprint density at radius 3 is 3.06 bits per heavy atom. The fourth-order valence-corrected chi connectivity index (χ4v) is 3.77. The van der Waals surface area contributed by atoms with E-state index in [1.807, 2.05) is 6.92 Å². The highest BCUT2D eigenvalue weighted by atomic mass is 32.2. The number of anilines is 1. The van der Waals surface area contributed by atoms with Gasteiger partial charge in [0.1, 0.15) is 11.4 Å². The molecule has 0 spiro atoms. The van der Waals surface area contributed by atoms with Crippen LogP contribution in [-0.2, 0) is 9.53 Å². The number of nitrogens with one attached hydrogen (secondary N) is 1. The largest absolute Gasteiger partial charge is 0.462 e. The van der Waals surface area contributed by atoms with Crippen LogP contribution in [0.1, 0.15) is 33.1 Å². The molecule has 0 aliphatic carbocycles. The number of unbranched alkanes of at least 4 members (excludes halogenated alkanes) is 1. The Balaban J connectivity index is 1.84. The maximum Gasteiger partial charge on any atom is 0.319 e. The average molecular weight is 287 g/mol. The summed E-state index contributed by atoms with van der Waals surface area (Å²) in [6.45, 7) is 4.98. The summed E-state index contributed by atoms with van der Waals surface area (Å²) >= 11 is 2.95. The molecule has 2 heterocycles. The van der Waals surface area contributed by atoms with Crippen LogP contribution in [0.3, 0.4) is 0 Å². The minimum atomic E-state index is -0.136. The van der Waals surface area contributed by atoms with Crippen LogP contribution in [0.15, 0.2) is 4.34 Å². The highest BCUT2D eigenvalue weighted by Crippen LogP contribution is 2.34. The second kappa shape index (κ2) is 6.38. The van der Waals surface area contributed by atoms with Gasteiger partial charge in [0, 0.05) is 13.0 Å². The van der Waals surface area contributed by atoms with Crippen molar-refractivity contribution in [2.45, 2.75) is 48.8 Å². The first-order valence-corrected chi connectivity index (χ1v) is 7.83. The number of rotatable bonds is 6. The molecule has 2 rings (SSSR count). The Labute approximate surface area is 115 Å². The number of hydrogen-bond donors (Lipinski definition) is 1. The molecule has 1 fully saturated rings. The summed E-state index contributed by atoms with van der Waals surface area (Å²) in [5.41, 5.74) is 0. The van der Waals surface area contributed by atoms with Crippen LogP contribution in [0, 0.1) is 0 Å². The predicted molar refractivity (Wildman–Crippen MR) is 73.1 cm³/mol. The van der Waals surface area contributed by atoms with E-state index in [1.165, 1.54) is 23.1 Å². The van der Waals surface area contributed by atoms with Gasteiger partial charge in [-0.15, -0.1) is 10.2 Å². The molecule has 1 aliphatic rings. The van der Waals surface area contributed by atoms with Crippen LogP contribution in [0.2, 0.25) is 0 Å². The Morgan fingerprint density at radius 2 is 2.39 bits per heavy atom. The maximum atomic E-state index is 11.5. The van der Waals surface area contributed by atoms with Gasteiger partial charge in [0.15, 0.2) is 4.34 Å². The van der Waals surface area contributed by atoms with E-state index >= 15 is 0 Å². The fraction of sp³-hybridized carbons (Fsp3) is 0.727. The third kappa shape index (κ3) is 3.58. The standard InChI is InChI=1S/C11H17N3O2S2/c1-3-4-5-12-10-13-14-11(18-10)17-8-6-7(2)16-9(8)15/h7-8H,3-6H2,1-2H3,(H,12,13)/t7-,8-/m0/s1. The smallest absolute Gasteiger partial charge is 0.319 e. The Bertz CT molecular complexity index is 411. The van der Waals surface area contributed by atoms with Gasteiger partial charge in [-0.3, -0.25) is 4.79 Å². The van der Waals surface area contributed by atoms with Crippen LogP contribution >= 0.6 is 23.1 Å². The van der Waals surface area contributed by atoms with E-state index in [2.05, 4.69) is 22.4 Å². The topological polar surface area (TPSA) is 64.1 Å². The van der Waals surface area contributed by atoms with Crippen molar-refractivity contribution in [2.24, 2.45) is 0 Å². The first-order valence-electron chi connectivity index (χ1n) is 6.13. The molecule has 1 N–H and O–H groups in total. The monoisotopic (exact) mass is 287 g/mol. The van der Waals surface area contributed by atoms with E-state index in [0.717, 1.165) is 35.3 Å². The van der Waals surface area contributed by atoms with E-state index < -0.39 is 0 Å². The lowest BCUT2D eigenvalue weighted by atomic mass is 10.3. The molecule has 18 heavy (non-hydrogen) atoms. The lowest BCUT2D eigenvalue weighted by Gasteiger charge is -2.00. The number of esters is 1. The molecule has 7 heteroatoms. The second-order valence-electron chi connectivity index (χ2n) is 4.24. The summed E-state index contributed by atoms with van der Waals surface area (Å²) in [6, 6.07) is 0. The van der Waals surface area contributed by atoms with Gasteiger partial charge in [0.25, 0.3) is 0 Å². The van der Waals surface area contributed by atoms with E-state index in [-0.39, 0.29) is 17.3 Å². The lowest BCUT2D eigenvalue weighted by Crippen LogP contribution is -2.08. The average Bonchev–Trinajstić information content (AvgIpc) is 2.88. The molecule has 0 saturated carbocycles. The Morgan fingerprint density at radius 1 is 1.56 bits per heavy atom. The molecule has 1 aromatic rings. The zero-order valence-electron chi connectivity index (χ0n) is 10.5. The Kier molecular flexibility index (Phi) is 4.82. The number of hydrogen-bond acceptors (Lipinski definition) is 7. The number of aromatic nitrogens is 2. The van der Waals surface area contributed by atoms with Gasteiger partial charge in [-0.2, -0.15) is 0 Å². The number of carbonyl (C=O) groups is 1. The zero-order chi connectivity index (χ0) is 13.0. The number of carbonyl (C=O) groups excluding carboxylic acids is 1. The van der Waals surface area contributed by atoms with Crippen LogP contribution in [0.4, 0.5) is 5.13 Å². The molecule has 0 aromatic carbocycles. The molecule has 2 atom stereocenters. The quantitative estimate of drug-likeness (QED) is 0.641. The number of nitrogens with zero attached hydrogens (tertiary/aromatic N) is 2. The fourth-order valence-electron chi connectivity index (χ4n) is 1.64. The van der Waals surface area contributed by atoms with E-state index in [4.69, 9.17) is 4.74 Å². The van der Waals surface area contributed by atoms with Gasteiger partial charge in [-0.1, -0.05) is 36.4 Å². The van der Waals surface area contributed by atoms with Crippen molar-refractivity contribution < 1.29 is 9.53 Å². The van der Waals surface area contributed by atoms with E-state index in [0.29, 0.717) is 0 Å². The third-order valence-corrected chi connectivity index (χ3v) is 4.75. The number of thioether (sulfide) groups is 1. The molecule has 0 bridgehead atoms. The summed E-state index contributed by atoms with van der Waals surface area (Å²) in [7, 11) is 0. The van der Waals surface area contributed by atoms with Crippen LogP contribution in [0.25, 0.3) is 0 Å². The normalized spacial score (nSPS) is 23.1. The minimum Gasteiger partial charge on any atom is -0.462 e. The van der Waals surface area contributed by atoms with Gasteiger partial charge in [0.2, 0.25) is 5.13 Å². The molecular weight excluding hydrogens is 270 g/mol. The third-order valence-electron chi connectivity index (χ3n) is 2.58. The summed E-state index contributed by atoms with van der Waals surface area (Å²) in [5, 5.41) is 12.1. The van der Waals surface area contributed by atoms with Crippen molar-refractivity contribution in [1.29, 1.82) is 0 Å². The van der Waals surface area contributed by atoms with Gasteiger partial charge < -0.3 is 10.1 Å². The van der Waals surface area contributed by atoms with Crippen molar-refractivity contribution in [3.8, 4) is 0 Å². The summed E-state index contributed by atoms with van der Waals surface area (Å²) in [6.07, 6.45) is 3.04. The first kappa shape index (κ1) is 13.6. The molecule has 1 aromatic heterocycles. The molecule has 5 nitrogen and oxygen atoms in total. The Hall–Kier alpha value is -0.820. The first-order chi connectivity index (χ1) is 8.69. The van der Waals surface area contributed by atoms with Gasteiger partial charge in [-0.25, -0.2) is 0 Å². The zero-order valence-corrected chi connectivity index (χ0v) is 12.1. The molecule has 100 valence electrons. The summed E-state index contributed by atoms with van der Waals surface area (Å²) in [4.78, 5) is 11.5. The van der Waals surface area contributed by atoms with Crippen molar-refractivity contribution in [3.05, 3.63) is 0 Å². The van der Waals surface area contributed by atoms with Gasteiger partial charge >= 0.3 is 5.97 Å². The number of cyclic esters (lactones) is 1. The van der Waals surface area contributed by atoms with E-state index in [9.17, 15) is 4.79 Å². The van der Waals surface area contributed by atoms with Crippen LogP contribution < -0.4 is 5.32 Å². The second-order valence-corrected chi connectivity index (χ2v) is 6.67. The molecule has 0 radical (unpaired) electrons. The summed E-state index contributed by atoms with van der Waals surface area (Å²) < 4.78 is 5.94. The van der Waals surface area contributed by atoms with Crippen molar-refractivity contribution >= 4 is 34.2 Å². The molecular formula is C11H17N3O2S2. The highest BCUT2D eigenvalue weighted by Gasteiger charge is 2.33. The molecule has 0 amide bonds. The van der Waals surface area contributed by atoms with E-state index in [1.54, 1.807) is 0 Å². The maximum absolute atomic E-state index is 11.5. The predicted octanol–water partition coefficient (Wildman–Crippen LogP) is 2.55. The minimum absolute atomic E-state index is 0.0186. The van der Waals surface area contributed by atoms with Crippen LogP contribution in [0.5, 0.6) is 0 Å².